The van der Waals surface area contributed by atoms with Gasteiger partial charge in [-0.05, 0) is 5.56 Å². The molecule has 0 bridgehead atoms. The van der Waals surface area contributed by atoms with E-state index in [1.165, 1.54) is 23.0 Å². The van der Waals surface area contributed by atoms with Crippen molar-refractivity contribution in [2.45, 2.75) is 26.1 Å². The van der Waals surface area contributed by atoms with Crippen LogP contribution in [0.3, 0.4) is 0 Å². The second kappa shape index (κ2) is 7.89. The van der Waals surface area contributed by atoms with Crippen molar-refractivity contribution in [3.05, 3.63) is 90.0 Å². The zero-order valence-corrected chi connectivity index (χ0v) is 16.0. The van der Waals surface area contributed by atoms with Gasteiger partial charge in [0.15, 0.2) is 5.82 Å². The van der Waals surface area contributed by atoms with Gasteiger partial charge in [-0.25, -0.2) is 19.9 Å². The molecule has 7 heteroatoms. The molecular weight excluding hydrogens is 362 g/mol. The molecular formula is C22H21N7. The predicted molar refractivity (Wildman–Crippen MR) is 109 cm³/mol. The summed E-state index contributed by atoms with van der Waals surface area (Å²) >= 11 is 0. The number of benzene rings is 1. The molecule has 1 aliphatic heterocycles. The summed E-state index contributed by atoms with van der Waals surface area (Å²) in [5.41, 5.74) is 5.64. The van der Waals surface area contributed by atoms with Gasteiger partial charge < -0.3 is 0 Å². The van der Waals surface area contributed by atoms with Crippen LogP contribution in [0, 0.1) is 0 Å². The van der Waals surface area contributed by atoms with Crippen LogP contribution in [0.1, 0.15) is 22.4 Å². The Hall–Kier alpha value is -3.45. The van der Waals surface area contributed by atoms with Crippen molar-refractivity contribution in [3.8, 4) is 11.4 Å². The molecule has 0 N–H and O–H groups in total. The van der Waals surface area contributed by atoms with Gasteiger partial charge in [-0.3, -0.25) is 9.58 Å². The Labute approximate surface area is 169 Å². The number of fused-ring (bicyclic) bond motifs is 1. The first-order valence-corrected chi connectivity index (χ1v) is 9.71. The number of hydrogen-bond acceptors (Lipinski definition) is 6. The quantitative estimate of drug-likeness (QED) is 0.528. The molecule has 144 valence electrons. The molecule has 0 aliphatic carbocycles. The number of hydrogen-bond donors (Lipinski definition) is 0. The van der Waals surface area contributed by atoms with E-state index in [1.807, 2.05) is 23.1 Å². The number of aromatic nitrogens is 6. The molecule has 0 spiro atoms. The van der Waals surface area contributed by atoms with E-state index in [0.717, 1.165) is 43.9 Å². The minimum Gasteiger partial charge on any atom is -0.294 e. The monoisotopic (exact) mass is 383 g/mol. The first-order chi connectivity index (χ1) is 14.3. The van der Waals surface area contributed by atoms with Gasteiger partial charge in [0.25, 0.3) is 0 Å². The van der Waals surface area contributed by atoms with E-state index < -0.39 is 0 Å². The van der Waals surface area contributed by atoms with Crippen LogP contribution in [0.25, 0.3) is 11.4 Å². The zero-order valence-electron chi connectivity index (χ0n) is 16.0. The summed E-state index contributed by atoms with van der Waals surface area (Å²) in [6.07, 6.45) is 12.0. The third-order valence-corrected chi connectivity index (χ3v) is 5.11. The molecule has 4 heterocycles. The average molecular weight is 383 g/mol. The van der Waals surface area contributed by atoms with Crippen molar-refractivity contribution in [3.63, 3.8) is 0 Å². The van der Waals surface area contributed by atoms with Gasteiger partial charge in [0.05, 0.1) is 24.0 Å². The lowest BCUT2D eigenvalue weighted by atomic mass is 10.1. The fraction of sp³-hybridized carbons (Fsp3) is 0.227. The van der Waals surface area contributed by atoms with Gasteiger partial charge >= 0.3 is 0 Å². The van der Waals surface area contributed by atoms with E-state index in [2.05, 4.69) is 55.4 Å². The highest BCUT2D eigenvalue weighted by molar-refractivity contribution is 5.52. The summed E-state index contributed by atoms with van der Waals surface area (Å²) < 4.78 is 2.00. The van der Waals surface area contributed by atoms with E-state index >= 15 is 0 Å². The standard InChI is InChI=1S/C22H21N7/c1-2-4-17(5-3-1)13-29-14-18(8-26-29)12-28-7-6-21-20(15-28)11-25-22(27-21)19-9-23-16-24-10-19/h1-5,8-11,14,16H,6-7,12-13,15H2. The van der Waals surface area contributed by atoms with Crippen LogP contribution in [0.4, 0.5) is 0 Å². The maximum absolute atomic E-state index is 4.74. The van der Waals surface area contributed by atoms with Gasteiger partial charge in [-0.15, -0.1) is 0 Å². The average Bonchev–Trinajstić information content (AvgIpc) is 3.21. The Balaban J connectivity index is 1.25. The van der Waals surface area contributed by atoms with Crippen LogP contribution in [0.2, 0.25) is 0 Å². The fourth-order valence-corrected chi connectivity index (χ4v) is 3.67. The second-order valence-corrected chi connectivity index (χ2v) is 7.29. The zero-order chi connectivity index (χ0) is 19.5. The summed E-state index contributed by atoms with van der Waals surface area (Å²) in [5, 5.41) is 4.52. The molecule has 4 aromatic rings. The fourth-order valence-electron chi connectivity index (χ4n) is 3.67. The largest absolute Gasteiger partial charge is 0.294 e. The highest BCUT2D eigenvalue weighted by Gasteiger charge is 2.19. The van der Waals surface area contributed by atoms with Gasteiger partial charge in [-0.1, -0.05) is 30.3 Å². The second-order valence-electron chi connectivity index (χ2n) is 7.29. The third kappa shape index (κ3) is 4.05. The van der Waals surface area contributed by atoms with E-state index in [4.69, 9.17) is 4.98 Å². The molecule has 29 heavy (non-hydrogen) atoms. The van der Waals surface area contributed by atoms with Crippen LogP contribution in [0.5, 0.6) is 0 Å². The normalized spacial score (nSPS) is 13.9. The van der Waals surface area contributed by atoms with Crippen LogP contribution >= 0.6 is 0 Å². The van der Waals surface area contributed by atoms with Crippen LogP contribution < -0.4 is 0 Å². The molecule has 3 aromatic heterocycles. The summed E-state index contributed by atoms with van der Waals surface area (Å²) in [6.45, 7) is 3.50. The molecule has 0 unspecified atom stereocenters. The lowest BCUT2D eigenvalue weighted by Crippen LogP contribution is -2.30. The van der Waals surface area contributed by atoms with E-state index in [9.17, 15) is 0 Å². The summed E-state index contributed by atoms with van der Waals surface area (Å²) in [6, 6.07) is 10.4. The molecule has 0 saturated carbocycles. The molecule has 0 fully saturated rings. The smallest absolute Gasteiger partial charge is 0.162 e. The molecule has 1 aliphatic rings. The Kier molecular flexibility index (Phi) is 4.80. The SMILES string of the molecule is c1ccc(Cn2cc(CN3CCc4nc(-c5cncnc5)ncc4C3)cn2)cc1. The Morgan fingerprint density at radius 2 is 1.76 bits per heavy atom. The molecule has 0 atom stereocenters. The number of nitrogens with zero attached hydrogens (tertiary/aromatic N) is 7. The molecule has 0 radical (unpaired) electrons. The third-order valence-electron chi connectivity index (χ3n) is 5.11. The van der Waals surface area contributed by atoms with E-state index in [0.29, 0.717) is 5.82 Å². The molecule has 5 rings (SSSR count). The molecule has 1 aromatic carbocycles. The van der Waals surface area contributed by atoms with Gasteiger partial charge in [-0.2, -0.15) is 5.10 Å². The highest BCUT2D eigenvalue weighted by atomic mass is 15.3. The highest BCUT2D eigenvalue weighted by Crippen LogP contribution is 2.21. The van der Waals surface area contributed by atoms with Crippen LogP contribution in [0.15, 0.2) is 67.6 Å². The summed E-state index contributed by atoms with van der Waals surface area (Å²) in [4.78, 5) is 19.8. The van der Waals surface area contributed by atoms with Crippen LogP contribution in [-0.4, -0.2) is 41.2 Å². The first-order valence-electron chi connectivity index (χ1n) is 9.71. The predicted octanol–water partition coefficient (Wildman–Crippen LogP) is 2.74. The lowest BCUT2D eigenvalue weighted by Gasteiger charge is -2.27. The van der Waals surface area contributed by atoms with Crippen molar-refractivity contribution < 1.29 is 0 Å². The molecule has 0 amide bonds. The van der Waals surface area contributed by atoms with Crippen molar-refractivity contribution >= 4 is 0 Å². The maximum Gasteiger partial charge on any atom is 0.162 e. The van der Waals surface area contributed by atoms with Crippen molar-refractivity contribution in [2.75, 3.05) is 6.54 Å². The lowest BCUT2D eigenvalue weighted by molar-refractivity contribution is 0.243. The van der Waals surface area contributed by atoms with Crippen molar-refractivity contribution in [1.82, 2.24) is 34.6 Å². The Morgan fingerprint density at radius 3 is 2.62 bits per heavy atom. The van der Waals surface area contributed by atoms with Gasteiger partial charge in [0.2, 0.25) is 0 Å². The minimum absolute atomic E-state index is 0.694. The summed E-state index contributed by atoms with van der Waals surface area (Å²) in [7, 11) is 0. The minimum atomic E-state index is 0.694. The van der Waals surface area contributed by atoms with E-state index in [1.54, 1.807) is 12.4 Å². The topological polar surface area (TPSA) is 72.6 Å². The van der Waals surface area contributed by atoms with Gasteiger partial charge in [0.1, 0.15) is 6.33 Å². The molecule has 0 saturated heterocycles. The van der Waals surface area contributed by atoms with Gasteiger partial charge in [0, 0.05) is 62.0 Å². The summed E-state index contributed by atoms with van der Waals surface area (Å²) in [5.74, 6) is 0.694. The van der Waals surface area contributed by atoms with Crippen molar-refractivity contribution in [1.29, 1.82) is 0 Å². The maximum atomic E-state index is 4.74. The Bertz CT molecular complexity index is 1090. The Morgan fingerprint density at radius 1 is 0.897 bits per heavy atom. The first kappa shape index (κ1) is 17.6. The molecule has 7 nitrogen and oxygen atoms in total. The van der Waals surface area contributed by atoms with Crippen molar-refractivity contribution in [2.24, 2.45) is 0 Å². The number of rotatable bonds is 5. The van der Waals surface area contributed by atoms with E-state index in [-0.39, 0.29) is 0 Å². The van der Waals surface area contributed by atoms with Crippen LogP contribution in [-0.2, 0) is 26.1 Å².